The Kier molecular flexibility index (Phi) is 11.1. The Labute approximate surface area is 293 Å². The Morgan fingerprint density at radius 3 is 1.40 bits per heavy atom. The van der Waals surface area contributed by atoms with E-state index in [0.717, 1.165) is 0 Å². The van der Waals surface area contributed by atoms with Crippen LogP contribution < -0.4 is 0 Å². The maximum atomic E-state index is 2.97. The van der Waals surface area contributed by atoms with Crippen LogP contribution in [0.3, 0.4) is 0 Å². The van der Waals surface area contributed by atoms with Gasteiger partial charge in [-0.2, -0.15) is 0 Å². The van der Waals surface area contributed by atoms with Gasteiger partial charge in [0, 0.05) is 0 Å². The van der Waals surface area contributed by atoms with Crippen LogP contribution >= 0.6 is 0 Å². The number of hydrogen-bond donors (Lipinski definition) is 0. The molecule has 2 atom stereocenters. The van der Waals surface area contributed by atoms with Gasteiger partial charge in [0.2, 0.25) is 0 Å². The van der Waals surface area contributed by atoms with Crippen molar-refractivity contribution in [2.45, 2.75) is 108 Å². The summed E-state index contributed by atoms with van der Waals surface area (Å²) in [5, 5.41) is 0. The topological polar surface area (TPSA) is 0 Å². The normalized spacial score (nSPS) is 16.7. The van der Waals surface area contributed by atoms with Crippen molar-refractivity contribution in [1.29, 1.82) is 0 Å². The van der Waals surface area contributed by atoms with Crippen molar-refractivity contribution in [3.63, 3.8) is 0 Å². The molecule has 0 fully saturated rings. The van der Waals surface area contributed by atoms with E-state index in [1.807, 2.05) is 0 Å². The Morgan fingerprint density at radius 2 is 0.979 bits per heavy atom. The van der Waals surface area contributed by atoms with Crippen LogP contribution in [-0.4, -0.2) is 5.49 Å². The quantitative estimate of drug-likeness (QED) is 0.0878. The zero-order valence-electron chi connectivity index (χ0n) is 30.6. The molecule has 0 saturated carbocycles. The van der Waals surface area contributed by atoms with Crippen molar-refractivity contribution in [3.05, 3.63) is 130 Å². The predicted octanol–water partition coefficient (Wildman–Crippen LogP) is 14.4. The number of fused-ring (bicyclic) bond motifs is 2. The van der Waals surface area contributed by atoms with Crippen LogP contribution in [0.5, 0.6) is 0 Å². The molecular weight excluding hydrogens is 759 g/mol. The van der Waals surface area contributed by atoms with Gasteiger partial charge in [-0.05, 0) is 0 Å². The van der Waals surface area contributed by atoms with E-state index in [-0.39, 0.29) is 0 Å². The summed E-state index contributed by atoms with van der Waals surface area (Å²) in [6, 6.07) is 35.8. The van der Waals surface area contributed by atoms with E-state index in [1.165, 1.54) is 108 Å². The van der Waals surface area contributed by atoms with Crippen molar-refractivity contribution in [3.8, 4) is 22.3 Å². The van der Waals surface area contributed by atoms with E-state index >= 15 is 0 Å². The van der Waals surface area contributed by atoms with Gasteiger partial charge >= 0.3 is 295 Å². The second-order valence-corrected chi connectivity index (χ2v) is 61.8. The van der Waals surface area contributed by atoms with E-state index < -0.39 is 22.6 Å². The van der Waals surface area contributed by atoms with Crippen molar-refractivity contribution in [2.75, 3.05) is 0 Å². The standard InChI is InChI=1S/2C16H13.C12H26Si.2CH3.Hf/c2*1-12-5-2-8-14(11-12)16-10-4-7-13-6-3-9-15(13)16;1-3-5-7-9-11-13-12-10-8-6-4-2;;;/h2*2-11H,1H3;3-12H2,1-2H3;2*1H3;. The van der Waals surface area contributed by atoms with Crippen LogP contribution in [0.1, 0.15) is 106 Å². The number of allylic oxidation sites excluding steroid dienone is 2. The Morgan fingerprint density at radius 1 is 0.542 bits per heavy atom. The van der Waals surface area contributed by atoms with Gasteiger partial charge in [0.1, 0.15) is 0 Å². The van der Waals surface area contributed by atoms with Gasteiger partial charge < -0.3 is 0 Å². The zero-order valence-corrected chi connectivity index (χ0v) is 35.2. The second-order valence-electron chi connectivity index (χ2n) is 15.9. The van der Waals surface area contributed by atoms with Crippen molar-refractivity contribution >= 4 is 17.6 Å². The Balaban J connectivity index is 1.56. The minimum atomic E-state index is -3.96. The fraction of sp³-hybridized carbons (Fsp3) is 0.391. The molecule has 0 amide bonds. The average Bonchev–Trinajstić information content (AvgIpc) is 3.74. The van der Waals surface area contributed by atoms with Gasteiger partial charge in [0.05, 0.1) is 0 Å². The molecule has 0 nitrogen and oxygen atoms in total. The van der Waals surface area contributed by atoms with Crippen molar-refractivity contribution < 1.29 is 17.1 Å². The van der Waals surface area contributed by atoms with Crippen molar-refractivity contribution in [2.24, 2.45) is 0 Å². The average molecular weight is 818 g/mol. The third-order valence-electron chi connectivity index (χ3n) is 12.2. The number of benzene rings is 4. The Hall–Kier alpha value is -2.55. The summed E-state index contributed by atoms with van der Waals surface area (Å²) in [4.78, 5) is 0. The molecule has 2 aliphatic rings. The van der Waals surface area contributed by atoms with Crippen LogP contribution in [0.4, 0.5) is 0 Å². The molecule has 0 spiro atoms. The summed E-state index contributed by atoms with van der Waals surface area (Å²) in [7, 11) is 0. The molecule has 2 unspecified atom stereocenters. The minimum absolute atomic E-state index is 0.580. The SMILES string of the molecule is CCCCCC[Si](CCCCCC)=[Hf]([CH3])([CH3])([CH]1C=Cc2c(-c3cccc(C)c3)cccc21)[CH]1C=Cc2c(-c3cccc(C)c3)cccc21. The first-order valence-electron chi connectivity index (χ1n) is 19.1. The van der Waals surface area contributed by atoms with E-state index in [9.17, 15) is 0 Å². The molecule has 250 valence electrons. The third-order valence-corrected chi connectivity index (χ3v) is 68.3. The number of rotatable bonds is 14. The molecule has 2 aliphatic carbocycles. The molecule has 0 radical (unpaired) electrons. The van der Waals surface area contributed by atoms with Gasteiger partial charge in [-0.3, -0.25) is 0 Å². The molecule has 0 aromatic heterocycles. The molecule has 4 aromatic rings. The molecule has 0 aliphatic heterocycles. The van der Waals surface area contributed by atoms with E-state index in [0.29, 0.717) is 7.35 Å². The van der Waals surface area contributed by atoms with Crippen LogP contribution in [0.15, 0.2) is 97.1 Å². The molecule has 2 heteroatoms. The second kappa shape index (κ2) is 15.1. The summed E-state index contributed by atoms with van der Waals surface area (Å²) in [5.41, 5.74) is 13.8. The summed E-state index contributed by atoms with van der Waals surface area (Å²) >= 11 is -3.96. The summed E-state index contributed by atoms with van der Waals surface area (Å²) in [5.74, 6) is 0. The fourth-order valence-corrected chi connectivity index (χ4v) is 62.9. The number of unbranched alkanes of at least 4 members (excludes halogenated alkanes) is 6. The molecule has 0 heterocycles. The van der Waals surface area contributed by atoms with Crippen LogP contribution in [0.2, 0.25) is 21.4 Å². The van der Waals surface area contributed by atoms with Crippen LogP contribution in [0.25, 0.3) is 34.4 Å². The van der Waals surface area contributed by atoms with E-state index in [1.54, 1.807) is 11.1 Å². The monoisotopic (exact) mass is 818 g/mol. The first-order valence-corrected chi connectivity index (χ1v) is 37.7. The van der Waals surface area contributed by atoms with Crippen LogP contribution in [-0.2, 0) is 17.1 Å². The zero-order chi connectivity index (χ0) is 33.8. The maximum absolute atomic E-state index is 3.96. The fourth-order valence-electron chi connectivity index (χ4n) is 9.43. The number of hydrogen-bond acceptors (Lipinski definition) is 0. The summed E-state index contributed by atoms with van der Waals surface area (Å²) in [6.07, 6.45) is 21.6. The third kappa shape index (κ3) is 6.78. The van der Waals surface area contributed by atoms with Crippen molar-refractivity contribution in [1.82, 2.24) is 0 Å². The molecule has 48 heavy (non-hydrogen) atoms. The predicted molar refractivity (Wildman–Crippen MR) is 212 cm³/mol. The van der Waals surface area contributed by atoms with E-state index in [4.69, 9.17) is 0 Å². The molecule has 0 saturated heterocycles. The molecule has 4 aromatic carbocycles. The van der Waals surface area contributed by atoms with Gasteiger partial charge in [-0.15, -0.1) is 0 Å². The van der Waals surface area contributed by atoms with Gasteiger partial charge in [0.25, 0.3) is 0 Å². The van der Waals surface area contributed by atoms with Crippen LogP contribution in [0, 0.1) is 13.8 Å². The van der Waals surface area contributed by atoms with Gasteiger partial charge in [-0.1, -0.05) is 0 Å². The van der Waals surface area contributed by atoms with Gasteiger partial charge in [0.15, 0.2) is 0 Å². The summed E-state index contributed by atoms with van der Waals surface area (Å²) in [6.45, 7) is 9.17. The van der Waals surface area contributed by atoms with E-state index in [2.05, 4.69) is 146 Å². The first kappa shape index (κ1) is 35.3. The molecular formula is C46H58HfSi. The molecule has 6 rings (SSSR count). The summed E-state index contributed by atoms with van der Waals surface area (Å²) < 4.78 is 7.10. The van der Waals surface area contributed by atoms with Gasteiger partial charge in [-0.25, -0.2) is 0 Å². The first-order chi connectivity index (χ1) is 23.3. The molecule has 0 bridgehead atoms. The number of aryl methyl sites for hydroxylation is 2. The molecule has 0 N–H and O–H groups in total. The Bertz CT molecular complexity index is 1770.